The van der Waals surface area contributed by atoms with E-state index in [1.807, 2.05) is 0 Å². The summed E-state index contributed by atoms with van der Waals surface area (Å²) in [4.78, 5) is 0. The molecule has 0 amide bonds. The number of hydrogen-bond donors (Lipinski definition) is 1. The summed E-state index contributed by atoms with van der Waals surface area (Å²) in [6, 6.07) is 1.08. The van der Waals surface area contributed by atoms with E-state index in [2.05, 4.69) is 0 Å². The van der Waals surface area contributed by atoms with Crippen LogP contribution in [0.1, 0.15) is 12.0 Å². The first-order valence-electron chi connectivity index (χ1n) is 4.57. The molecule has 1 aromatic rings. The van der Waals surface area contributed by atoms with Crippen molar-refractivity contribution in [3.63, 3.8) is 0 Å². The van der Waals surface area contributed by atoms with E-state index >= 15 is 0 Å². The maximum absolute atomic E-state index is 13.0. The third-order valence-electron chi connectivity index (χ3n) is 2.19. The first-order valence-corrected chi connectivity index (χ1v) is 4.57. The summed E-state index contributed by atoms with van der Waals surface area (Å²) in [5.74, 6) is -1.70. The van der Waals surface area contributed by atoms with Gasteiger partial charge in [-0.25, -0.2) is 8.78 Å². The molecule has 0 radical (unpaired) electrons. The van der Waals surface area contributed by atoms with Gasteiger partial charge in [0.25, 0.3) is 0 Å². The molecule has 90 valence electrons. The molecule has 6 heteroatoms. The van der Waals surface area contributed by atoms with Gasteiger partial charge in [-0.05, 0) is 25.0 Å². The number of hydrogen-bond acceptors (Lipinski definition) is 1. The van der Waals surface area contributed by atoms with E-state index in [1.54, 1.807) is 0 Å². The Morgan fingerprint density at radius 3 is 2.06 bits per heavy atom. The van der Waals surface area contributed by atoms with Gasteiger partial charge < -0.3 is 5.73 Å². The monoisotopic (exact) mass is 239 g/mol. The Bertz CT molecular complexity index is 340. The second-order valence-corrected chi connectivity index (χ2v) is 3.39. The maximum atomic E-state index is 13.0. The Hall–Kier alpha value is -1.17. The Labute approximate surface area is 89.1 Å². The predicted octanol–water partition coefficient (Wildman–Crippen LogP) is 2.79. The molecule has 0 fully saturated rings. The van der Waals surface area contributed by atoms with Gasteiger partial charge in [-0.15, -0.1) is 0 Å². The summed E-state index contributed by atoms with van der Waals surface area (Å²) in [6.45, 7) is 0. The smallest absolute Gasteiger partial charge is 0.320 e. The number of benzene rings is 1. The van der Waals surface area contributed by atoms with Gasteiger partial charge in [0.05, 0.1) is 0 Å². The molecule has 0 bridgehead atoms. The van der Waals surface area contributed by atoms with Crippen LogP contribution in [0.2, 0.25) is 0 Å². The third-order valence-corrected chi connectivity index (χ3v) is 2.19. The zero-order valence-electron chi connectivity index (χ0n) is 8.19. The third kappa shape index (κ3) is 3.16. The van der Waals surface area contributed by atoms with E-state index in [4.69, 9.17) is 5.73 Å². The first-order chi connectivity index (χ1) is 7.32. The fourth-order valence-electron chi connectivity index (χ4n) is 1.23. The average Bonchev–Trinajstić information content (AvgIpc) is 2.15. The Kier molecular flexibility index (Phi) is 3.85. The molecule has 0 saturated carbocycles. The molecule has 0 aliphatic rings. The van der Waals surface area contributed by atoms with Crippen LogP contribution in [0.5, 0.6) is 0 Å². The molecule has 1 atom stereocenters. The molecule has 1 unspecified atom stereocenters. The molecule has 0 aliphatic heterocycles. The van der Waals surface area contributed by atoms with E-state index < -0.39 is 30.3 Å². The largest absolute Gasteiger partial charge is 0.403 e. The van der Waals surface area contributed by atoms with Gasteiger partial charge >= 0.3 is 6.18 Å². The highest BCUT2D eigenvalue weighted by atomic mass is 19.4. The van der Waals surface area contributed by atoms with Gasteiger partial charge in [-0.1, -0.05) is 6.07 Å². The molecule has 0 saturated heterocycles. The van der Waals surface area contributed by atoms with Crippen LogP contribution in [0, 0.1) is 11.6 Å². The van der Waals surface area contributed by atoms with Crippen LogP contribution in [0.25, 0.3) is 0 Å². The predicted molar refractivity (Wildman–Crippen MR) is 48.7 cm³/mol. The van der Waals surface area contributed by atoms with Gasteiger partial charge in [0, 0.05) is 5.56 Å². The van der Waals surface area contributed by atoms with Crippen molar-refractivity contribution in [1.82, 2.24) is 0 Å². The van der Waals surface area contributed by atoms with Crippen LogP contribution in [0.3, 0.4) is 0 Å². The van der Waals surface area contributed by atoms with Gasteiger partial charge in [-0.2, -0.15) is 13.2 Å². The van der Waals surface area contributed by atoms with Crippen LogP contribution in [-0.4, -0.2) is 12.2 Å². The van der Waals surface area contributed by atoms with Crippen molar-refractivity contribution in [2.75, 3.05) is 0 Å². The maximum Gasteiger partial charge on any atom is 0.403 e. The van der Waals surface area contributed by atoms with Crippen LogP contribution >= 0.6 is 0 Å². The molecule has 1 nitrogen and oxygen atoms in total. The van der Waals surface area contributed by atoms with Crippen LogP contribution in [-0.2, 0) is 6.42 Å². The fraction of sp³-hybridized carbons (Fsp3) is 0.400. The Morgan fingerprint density at radius 2 is 1.62 bits per heavy atom. The molecule has 16 heavy (non-hydrogen) atoms. The summed E-state index contributed by atoms with van der Waals surface area (Å²) in [7, 11) is 0. The molecule has 0 heterocycles. The minimum absolute atomic E-state index is 0.359. The topological polar surface area (TPSA) is 26.0 Å². The summed E-state index contributed by atoms with van der Waals surface area (Å²) in [6.07, 6.45) is -5.46. The first kappa shape index (κ1) is 12.9. The molecule has 0 aliphatic carbocycles. The van der Waals surface area contributed by atoms with Gasteiger partial charge in [0.2, 0.25) is 0 Å². The lowest BCUT2D eigenvalue weighted by Crippen LogP contribution is -2.37. The summed E-state index contributed by atoms with van der Waals surface area (Å²) in [5, 5.41) is 0. The number of halogens is 5. The Morgan fingerprint density at radius 1 is 1.12 bits per heavy atom. The van der Waals surface area contributed by atoms with Crippen molar-refractivity contribution in [2.24, 2.45) is 5.73 Å². The summed E-state index contributed by atoms with van der Waals surface area (Å²) < 4.78 is 62.2. The highest BCUT2D eigenvalue weighted by Gasteiger charge is 2.36. The van der Waals surface area contributed by atoms with Crippen molar-refractivity contribution in [1.29, 1.82) is 0 Å². The molecular weight excluding hydrogens is 229 g/mol. The molecular formula is C10H10F5N. The minimum atomic E-state index is -4.54. The van der Waals surface area contributed by atoms with E-state index in [0.29, 0.717) is 0 Å². The zero-order valence-corrected chi connectivity index (χ0v) is 8.19. The lowest BCUT2D eigenvalue weighted by atomic mass is 10.0. The lowest BCUT2D eigenvalue weighted by Gasteiger charge is -2.15. The minimum Gasteiger partial charge on any atom is -0.320 e. The van der Waals surface area contributed by atoms with Crippen LogP contribution in [0.15, 0.2) is 18.2 Å². The normalized spacial score (nSPS) is 13.9. The summed E-state index contributed by atoms with van der Waals surface area (Å²) >= 11 is 0. The Balaban J connectivity index is 2.69. The highest BCUT2D eigenvalue weighted by Crippen LogP contribution is 2.23. The van der Waals surface area contributed by atoms with E-state index in [9.17, 15) is 22.0 Å². The van der Waals surface area contributed by atoms with Crippen molar-refractivity contribution in [3.8, 4) is 0 Å². The van der Waals surface area contributed by atoms with E-state index in [-0.39, 0.29) is 12.0 Å². The zero-order chi connectivity index (χ0) is 12.3. The SMILES string of the molecule is NC(CCc1c(F)cccc1F)C(F)(F)F. The van der Waals surface area contributed by atoms with Crippen molar-refractivity contribution < 1.29 is 22.0 Å². The molecule has 0 aromatic heterocycles. The number of rotatable bonds is 3. The van der Waals surface area contributed by atoms with Crippen molar-refractivity contribution in [2.45, 2.75) is 25.1 Å². The summed E-state index contributed by atoms with van der Waals surface area (Å²) in [5.41, 5.74) is 4.47. The second kappa shape index (κ2) is 4.78. The van der Waals surface area contributed by atoms with Crippen molar-refractivity contribution in [3.05, 3.63) is 35.4 Å². The molecule has 2 N–H and O–H groups in total. The molecule has 1 rings (SSSR count). The van der Waals surface area contributed by atoms with Crippen LogP contribution in [0.4, 0.5) is 22.0 Å². The molecule has 0 spiro atoms. The van der Waals surface area contributed by atoms with Gasteiger partial charge in [-0.3, -0.25) is 0 Å². The second-order valence-electron chi connectivity index (χ2n) is 3.39. The van der Waals surface area contributed by atoms with Gasteiger partial charge in [0.1, 0.15) is 17.7 Å². The van der Waals surface area contributed by atoms with E-state index in [0.717, 1.165) is 18.2 Å². The van der Waals surface area contributed by atoms with Gasteiger partial charge in [0.15, 0.2) is 0 Å². The average molecular weight is 239 g/mol. The van der Waals surface area contributed by atoms with E-state index in [1.165, 1.54) is 0 Å². The number of alkyl halides is 3. The van der Waals surface area contributed by atoms with Crippen LogP contribution < -0.4 is 5.73 Å². The molecule has 1 aromatic carbocycles. The highest BCUT2D eigenvalue weighted by molar-refractivity contribution is 5.19. The van der Waals surface area contributed by atoms with Crippen molar-refractivity contribution >= 4 is 0 Å². The number of nitrogens with two attached hydrogens (primary N) is 1. The quantitative estimate of drug-likeness (QED) is 0.806. The lowest BCUT2D eigenvalue weighted by molar-refractivity contribution is -0.148. The fourth-order valence-corrected chi connectivity index (χ4v) is 1.23. The standard InChI is InChI=1S/C10H10F5N/c11-7-2-1-3-8(12)6(7)4-5-9(16)10(13,14)15/h1-3,9H,4-5,16H2.